The number of fused-ring (bicyclic) bond motifs is 1. The molecular weight excluding hydrogens is 320 g/mol. The first kappa shape index (κ1) is 16.4. The van der Waals surface area contributed by atoms with Crippen molar-refractivity contribution < 1.29 is 9.26 Å². The molecule has 2 aliphatic heterocycles. The van der Waals surface area contributed by atoms with Crippen molar-refractivity contribution in [3.63, 3.8) is 0 Å². The highest BCUT2D eigenvalue weighted by atomic mass is 16.5. The van der Waals surface area contributed by atoms with Gasteiger partial charge in [-0.3, -0.25) is 4.90 Å². The van der Waals surface area contributed by atoms with Crippen LogP contribution in [0.15, 0.2) is 10.9 Å². The molecule has 8 heteroatoms. The fraction of sp³-hybridized carbons (Fsp3) is 0.647. The van der Waals surface area contributed by atoms with Crippen molar-refractivity contribution in [2.24, 2.45) is 0 Å². The second kappa shape index (κ2) is 7.45. The summed E-state index contributed by atoms with van der Waals surface area (Å²) in [5.41, 5.74) is 2.38. The van der Waals surface area contributed by atoms with E-state index in [4.69, 9.17) is 9.26 Å². The number of aromatic nitrogens is 4. The predicted molar refractivity (Wildman–Crippen MR) is 91.2 cm³/mol. The van der Waals surface area contributed by atoms with E-state index in [0.717, 1.165) is 76.0 Å². The molecule has 0 amide bonds. The van der Waals surface area contributed by atoms with Crippen molar-refractivity contribution in [1.29, 1.82) is 0 Å². The van der Waals surface area contributed by atoms with Gasteiger partial charge in [0.05, 0.1) is 25.5 Å². The van der Waals surface area contributed by atoms with Crippen LogP contribution in [0.4, 0.5) is 5.82 Å². The first-order valence-corrected chi connectivity index (χ1v) is 9.02. The highest BCUT2D eigenvalue weighted by molar-refractivity contribution is 5.49. The van der Waals surface area contributed by atoms with Crippen LogP contribution in [0.1, 0.15) is 36.3 Å². The summed E-state index contributed by atoms with van der Waals surface area (Å²) in [4.78, 5) is 18.2. The third-order valence-electron chi connectivity index (χ3n) is 4.71. The number of morpholine rings is 1. The van der Waals surface area contributed by atoms with Crippen LogP contribution in [-0.4, -0.2) is 57.9 Å². The molecule has 4 heterocycles. The molecule has 0 spiro atoms. The van der Waals surface area contributed by atoms with Gasteiger partial charge in [0.2, 0.25) is 5.89 Å². The average Bonchev–Trinajstić information content (AvgIpc) is 3.09. The molecule has 25 heavy (non-hydrogen) atoms. The Morgan fingerprint density at radius 1 is 1.16 bits per heavy atom. The van der Waals surface area contributed by atoms with E-state index in [1.165, 1.54) is 5.56 Å². The molecule has 0 aliphatic carbocycles. The average molecular weight is 344 g/mol. The van der Waals surface area contributed by atoms with Crippen molar-refractivity contribution in [3.05, 3.63) is 29.3 Å². The van der Waals surface area contributed by atoms with Crippen molar-refractivity contribution in [2.45, 2.75) is 39.3 Å². The SMILES string of the molecule is CCCc1noc(CN2CCc3ncnc(N4CCOCC4)c3C2)n1. The van der Waals surface area contributed by atoms with Gasteiger partial charge in [0.25, 0.3) is 0 Å². The maximum Gasteiger partial charge on any atom is 0.240 e. The van der Waals surface area contributed by atoms with Crippen LogP contribution in [-0.2, 0) is 30.7 Å². The van der Waals surface area contributed by atoms with E-state index in [9.17, 15) is 0 Å². The molecule has 0 N–H and O–H groups in total. The number of hydrogen-bond donors (Lipinski definition) is 0. The van der Waals surface area contributed by atoms with Crippen LogP contribution in [0.5, 0.6) is 0 Å². The highest BCUT2D eigenvalue weighted by Crippen LogP contribution is 2.27. The second-order valence-electron chi connectivity index (χ2n) is 6.54. The number of nitrogens with zero attached hydrogens (tertiary/aromatic N) is 6. The molecule has 1 saturated heterocycles. The smallest absolute Gasteiger partial charge is 0.240 e. The Morgan fingerprint density at radius 2 is 2.04 bits per heavy atom. The standard InChI is InChI=1S/C17H24N6O2/c1-2-3-15-20-16(25-21-15)11-22-5-4-14-13(10-22)17(19-12-18-14)23-6-8-24-9-7-23/h12H,2-11H2,1H3. The van der Waals surface area contributed by atoms with E-state index in [2.05, 4.69) is 36.8 Å². The fourth-order valence-corrected chi connectivity index (χ4v) is 3.44. The molecule has 2 aliphatic rings. The van der Waals surface area contributed by atoms with Crippen molar-refractivity contribution in [2.75, 3.05) is 37.7 Å². The van der Waals surface area contributed by atoms with Gasteiger partial charge in [-0.15, -0.1) is 0 Å². The quantitative estimate of drug-likeness (QED) is 0.801. The van der Waals surface area contributed by atoms with Crippen molar-refractivity contribution >= 4 is 5.82 Å². The molecule has 0 bridgehead atoms. The summed E-state index contributed by atoms with van der Waals surface area (Å²) in [6.07, 6.45) is 4.50. The summed E-state index contributed by atoms with van der Waals surface area (Å²) in [5.74, 6) is 2.54. The van der Waals surface area contributed by atoms with Crippen LogP contribution in [0.25, 0.3) is 0 Å². The Bertz CT molecular complexity index is 713. The van der Waals surface area contributed by atoms with Gasteiger partial charge in [0.1, 0.15) is 12.1 Å². The van der Waals surface area contributed by atoms with Crippen LogP contribution < -0.4 is 4.90 Å². The van der Waals surface area contributed by atoms with E-state index < -0.39 is 0 Å². The van der Waals surface area contributed by atoms with Crippen molar-refractivity contribution in [3.8, 4) is 0 Å². The zero-order valence-electron chi connectivity index (χ0n) is 14.6. The third-order valence-corrected chi connectivity index (χ3v) is 4.71. The molecule has 0 atom stereocenters. The first-order valence-electron chi connectivity index (χ1n) is 9.02. The van der Waals surface area contributed by atoms with Gasteiger partial charge in [-0.2, -0.15) is 4.98 Å². The topological polar surface area (TPSA) is 80.4 Å². The Morgan fingerprint density at radius 3 is 2.88 bits per heavy atom. The monoisotopic (exact) mass is 344 g/mol. The van der Waals surface area contributed by atoms with Gasteiger partial charge in [-0.25, -0.2) is 9.97 Å². The minimum absolute atomic E-state index is 0.674. The van der Waals surface area contributed by atoms with E-state index in [-0.39, 0.29) is 0 Å². The maximum absolute atomic E-state index is 5.46. The Labute approximate surface area is 147 Å². The Kier molecular flexibility index (Phi) is 4.89. The van der Waals surface area contributed by atoms with Crippen LogP contribution in [0.3, 0.4) is 0 Å². The molecule has 0 aromatic carbocycles. The summed E-state index contributed by atoms with van der Waals surface area (Å²) in [5, 5.41) is 4.05. The molecule has 0 saturated carbocycles. The summed E-state index contributed by atoms with van der Waals surface area (Å²) in [7, 11) is 0. The zero-order chi connectivity index (χ0) is 17.1. The summed E-state index contributed by atoms with van der Waals surface area (Å²) in [6.45, 7) is 7.82. The normalized spacial score (nSPS) is 18.4. The maximum atomic E-state index is 5.46. The fourth-order valence-electron chi connectivity index (χ4n) is 3.44. The lowest BCUT2D eigenvalue weighted by Crippen LogP contribution is -2.39. The number of rotatable bonds is 5. The number of hydrogen-bond acceptors (Lipinski definition) is 8. The van der Waals surface area contributed by atoms with Gasteiger partial charge in [0, 0.05) is 44.6 Å². The molecule has 134 valence electrons. The van der Waals surface area contributed by atoms with Gasteiger partial charge >= 0.3 is 0 Å². The van der Waals surface area contributed by atoms with Gasteiger partial charge in [-0.05, 0) is 6.42 Å². The Hall–Kier alpha value is -2.06. The zero-order valence-corrected chi connectivity index (χ0v) is 14.6. The van der Waals surface area contributed by atoms with Crippen LogP contribution in [0, 0.1) is 0 Å². The van der Waals surface area contributed by atoms with Crippen LogP contribution in [0.2, 0.25) is 0 Å². The molecule has 0 radical (unpaired) electrons. The number of aryl methyl sites for hydroxylation is 1. The van der Waals surface area contributed by atoms with Crippen molar-refractivity contribution in [1.82, 2.24) is 25.0 Å². The lowest BCUT2D eigenvalue weighted by molar-refractivity contribution is 0.122. The molecule has 8 nitrogen and oxygen atoms in total. The van der Waals surface area contributed by atoms with E-state index in [1.807, 2.05) is 0 Å². The predicted octanol–water partition coefficient (Wildman–Crippen LogP) is 1.21. The number of ether oxygens (including phenoxy) is 1. The number of anilines is 1. The third kappa shape index (κ3) is 3.64. The summed E-state index contributed by atoms with van der Waals surface area (Å²) >= 11 is 0. The van der Waals surface area contributed by atoms with E-state index in [1.54, 1.807) is 6.33 Å². The second-order valence-corrected chi connectivity index (χ2v) is 6.54. The van der Waals surface area contributed by atoms with Gasteiger partial charge < -0.3 is 14.2 Å². The minimum atomic E-state index is 0.674. The molecule has 1 fully saturated rings. The van der Waals surface area contributed by atoms with E-state index >= 15 is 0 Å². The lowest BCUT2D eigenvalue weighted by atomic mass is 10.1. The summed E-state index contributed by atoms with van der Waals surface area (Å²) in [6, 6.07) is 0. The van der Waals surface area contributed by atoms with Crippen LogP contribution >= 0.6 is 0 Å². The molecular formula is C17H24N6O2. The van der Waals surface area contributed by atoms with Gasteiger partial charge in [-0.1, -0.05) is 12.1 Å². The Balaban J connectivity index is 1.49. The first-order chi connectivity index (χ1) is 12.3. The largest absolute Gasteiger partial charge is 0.378 e. The molecule has 0 unspecified atom stereocenters. The molecule has 4 rings (SSSR count). The van der Waals surface area contributed by atoms with Gasteiger partial charge in [0.15, 0.2) is 5.82 Å². The highest BCUT2D eigenvalue weighted by Gasteiger charge is 2.25. The molecule has 2 aromatic rings. The van der Waals surface area contributed by atoms with E-state index in [0.29, 0.717) is 12.4 Å². The molecule has 2 aromatic heterocycles. The summed E-state index contributed by atoms with van der Waals surface area (Å²) < 4.78 is 10.9. The lowest BCUT2D eigenvalue weighted by Gasteiger charge is -2.33. The minimum Gasteiger partial charge on any atom is -0.378 e.